The number of carbonyl (C=O) groups is 3. The minimum atomic E-state index is -0.443. The topological polar surface area (TPSA) is 75.7 Å². The molecule has 1 heterocycles. The average Bonchev–Trinajstić information content (AvgIpc) is 2.92. The zero-order valence-corrected chi connectivity index (χ0v) is 15.2. The van der Waals surface area contributed by atoms with Crippen molar-refractivity contribution in [3.63, 3.8) is 0 Å². The standard InChI is InChI=1S/C21H22N2O4/c1-2-3-6-13-27-16-11-9-15(10-12-16)22-19(24)14-23-20(25)17-7-4-5-8-18(17)21(23)26/h4-5,7-12H,2-3,6,13-14H2,1H3,(H,22,24). The van der Waals surface area contributed by atoms with Crippen LogP contribution in [0.3, 0.4) is 0 Å². The van der Waals surface area contributed by atoms with Crippen LogP contribution in [0.25, 0.3) is 0 Å². The maximum atomic E-state index is 12.3. The number of unbranched alkanes of at least 4 members (excludes halogenated alkanes) is 2. The van der Waals surface area contributed by atoms with Crippen molar-refractivity contribution < 1.29 is 19.1 Å². The number of amides is 3. The Labute approximate surface area is 158 Å². The molecule has 0 atom stereocenters. The SMILES string of the molecule is CCCCCOc1ccc(NC(=O)CN2C(=O)c3ccccc3C2=O)cc1. The number of nitrogens with zero attached hydrogens (tertiary/aromatic N) is 1. The molecule has 0 fully saturated rings. The Balaban J connectivity index is 1.54. The van der Waals surface area contributed by atoms with Gasteiger partial charge in [-0.25, -0.2) is 0 Å². The van der Waals surface area contributed by atoms with Gasteiger partial charge in [-0.1, -0.05) is 31.9 Å². The first-order valence-electron chi connectivity index (χ1n) is 9.08. The van der Waals surface area contributed by atoms with Crippen LogP contribution < -0.4 is 10.1 Å². The molecule has 3 amide bonds. The summed E-state index contributed by atoms with van der Waals surface area (Å²) in [4.78, 5) is 37.8. The van der Waals surface area contributed by atoms with Gasteiger partial charge in [0.25, 0.3) is 11.8 Å². The van der Waals surface area contributed by atoms with E-state index >= 15 is 0 Å². The van der Waals surface area contributed by atoms with Crippen LogP contribution in [0.1, 0.15) is 46.9 Å². The lowest BCUT2D eigenvalue weighted by Gasteiger charge is -2.14. The smallest absolute Gasteiger partial charge is 0.262 e. The van der Waals surface area contributed by atoms with Gasteiger partial charge in [0.05, 0.1) is 17.7 Å². The van der Waals surface area contributed by atoms with Crippen LogP contribution in [-0.4, -0.2) is 35.8 Å². The number of hydrogen-bond acceptors (Lipinski definition) is 4. The third-order valence-corrected chi connectivity index (χ3v) is 4.33. The summed E-state index contributed by atoms with van der Waals surface area (Å²) in [5, 5.41) is 2.70. The summed E-state index contributed by atoms with van der Waals surface area (Å²) in [6, 6.07) is 13.6. The number of fused-ring (bicyclic) bond motifs is 1. The van der Waals surface area contributed by atoms with Crippen LogP contribution in [0, 0.1) is 0 Å². The van der Waals surface area contributed by atoms with E-state index in [-0.39, 0.29) is 6.54 Å². The molecule has 0 bridgehead atoms. The highest BCUT2D eigenvalue weighted by atomic mass is 16.5. The summed E-state index contributed by atoms with van der Waals surface area (Å²) in [6.45, 7) is 2.49. The number of nitrogens with one attached hydrogen (secondary N) is 1. The first-order chi connectivity index (χ1) is 13.1. The monoisotopic (exact) mass is 366 g/mol. The normalized spacial score (nSPS) is 12.9. The van der Waals surface area contributed by atoms with Gasteiger partial charge in [0, 0.05) is 5.69 Å². The van der Waals surface area contributed by atoms with Crippen LogP contribution >= 0.6 is 0 Å². The van der Waals surface area contributed by atoms with Crippen molar-refractivity contribution in [3.05, 3.63) is 59.7 Å². The Morgan fingerprint density at radius 3 is 2.19 bits per heavy atom. The molecule has 3 rings (SSSR count). The predicted octanol–water partition coefficient (Wildman–Crippen LogP) is 3.49. The second kappa shape index (κ2) is 8.49. The highest BCUT2D eigenvalue weighted by Crippen LogP contribution is 2.22. The third kappa shape index (κ3) is 4.34. The Bertz CT molecular complexity index is 811. The molecular formula is C21H22N2O4. The molecule has 0 radical (unpaired) electrons. The van der Waals surface area contributed by atoms with Gasteiger partial charge >= 0.3 is 0 Å². The second-order valence-corrected chi connectivity index (χ2v) is 6.37. The molecule has 0 aliphatic carbocycles. The van der Waals surface area contributed by atoms with Gasteiger partial charge < -0.3 is 10.1 Å². The zero-order valence-electron chi connectivity index (χ0n) is 15.2. The van der Waals surface area contributed by atoms with Crippen molar-refractivity contribution in [3.8, 4) is 5.75 Å². The van der Waals surface area contributed by atoms with E-state index in [0.29, 0.717) is 23.4 Å². The van der Waals surface area contributed by atoms with Crippen LogP contribution in [-0.2, 0) is 4.79 Å². The fourth-order valence-corrected chi connectivity index (χ4v) is 2.90. The largest absolute Gasteiger partial charge is 0.494 e. The van der Waals surface area contributed by atoms with Crippen LogP contribution in [0.5, 0.6) is 5.75 Å². The molecule has 1 aliphatic rings. The predicted molar refractivity (Wildman–Crippen MR) is 102 cm³/mol. The lowest BCUT2D eigenvalue weighted by molar-refractivity contribution is -0.116. The third-order valence-electron chi connectivity index (χ3n) is 4.33. The van der Waals surface area contributed by atoms with Gasteiger partial charge in [0.2, 0.25) is 5.91 Å². The van der Waals surface area contributed by atoms with Gasteiger partial charge in [-0.15, -0.1) is 0 Å². The second-order valence-electron chi connectivity index (χ2n) is 6.37. The Morgan fingerprint density at radius 2 is 1.59 bits per heavy atom. The molecule has 2 aromatic carbocycles. The Morgan fingerprint density at radius 1 is 0.963 bits per heavy atom. The molecule has 1 N–H and O–H groups in total. The molecular weight excluding hydrogens is 344 g/mol. The molecule has 0 saturated carbocycles. The zero-order chi connectivity index (χ0) is 19.2. The summed E-state index contributed by atoms with van der Waals surface area (Å²) in [5.41, 5.74) is 1.25. The van der Waals surface area contributed by atoms with E-state index in [1.54, 1.807) is 48.5 Å². The van der Waals surface area contributed by atoms with Gasteiger partial charge in [0.15, 0.2) is 0 Å². The van der Waals surface area contributed by atoms with Crippen molar-refractivity contribution in [1.29, 1.82) is 0 Å². The number of rotatable bonds is 8. The Hall–Kier alpha value is -3.15. The van der Waals surface area contributed by atoms with Gasteiger partial charge in [-0.3, -0.25) is 19.3 Å². The first kappa shape index (κ1) is 18.6. The number of imide groups is 1. The molecule has 140 valence electrons. The van der Waals surface area contributed by atoms with Crippen molar-refractivity contribution in [2.24, 2.45) is 0 Å². The van der Waals surface area contributed by atoms with Gasteiger partial charge in [-0.05, 0) is 42.8 Å². The lowest BCUT2D eigenvalue weighted by atomic mass is 10.1. The van der Waals surface area contributed by atoms with Crippen molar-refractivity contribution >= 4 is 23.4 Å². The molecule has 0 saturated heterocycles. The maximum absolute atomic E-state index is 12.3. The first-order valence-corrected chi connectivity index (χ1v) is 9.08. The van der Waals surface area contributed by atoms with E-state index in [1.165, 1.54) is 0 Å². The van der Waals surface area contributed by atoms with E-state index in [1.807, 2.05) is 0 Å². The summed E-state index contributed by atoms with van der Waals surface area (Å²) in [7, 11) is 0. The van der Waals surface area contributed by atoms with E-state index < -0.39 is 17.7 Å². The van der Waals surface area contributed by atoms with E-state index in [4.69, 9.17) is 4.74 Å². The van der Waals surface area contributed by atoms with Crippen molar-refractivity contribution in [1.82, 2.24) is 4.90 Å². The van der Waals surface area contributed by atoms with Crippen molar-refractivity contribution in [2.45, 2.75) is 26.2 Å². The van der Waals surface area contributed by atoms with Crippen LogP contribution in [0.15, 0.2) is 48.5 Å². The molecule has 6 nitrogen and oxygen atoms in total. The van der Waals surface area contributed by atoms with E-state index in [2.05, 4.69) is 12.2 Å². The number of benzene rings is 2. The molecule has 1 aliphatic heterocycles. The lowest BCUT2D eigenvalue weighted by Crippen LogP contribution is -2.37. The summed E-state index contributed by atoms with van der Waals surface area (Å²) in [5.74, 6) is -0.575. The number of carbonyl (C=O) groups excluding carboxylic acids is 3. The van der Waals surface area contributed by atoms with E-state index in [0.717, 1.165) is 29.9 Å². The number of ether oxygens (including phenoxy) is 1. The van der Waals surface area contributed by atoms with Crippen molar-refractivity contribution in [2.75, 3.05) is 18.5 Å². The maximum Gasteiger partial charge on any atom is 0.262 e. The highest BCUT2D eigenvalue weighted by Gasteiger charge is 2.36. The fraction of sp³-hybridized carbons (Fsp3) is 0.286. The molecule has 0 aromatic heterocycles. The Kier molecular flexibility index (Phi) is 5.86. The van der Waals surface area contributed by atoms with E-state index in [9.17, 15) is 14.4 Å². The minimum Gasteiger partial charge on any atom is -0.494 e. The van der Waals surface area contributed by atoms with Gasteiger partial charge in [-0.2, -0.15) is 0 Å². The molecule has 2 aromatic rings. The summed E-state index contributed by atoms with van der Waals surface area (Å²) < 4.78 is 5.63. The molecule has 27 heavy (non-hydrogen) atoms. The van der Waals surface area contributed by atoms with Gasteiger partial charge in [0.1, 0.15) is 12.3 Å². The molecule has 6 heteroatoms. The number of anilines is 1. The quantitative estimate of drug-likeness (QED) is 0.573. The highest BCUT2D eigenvalue weighted by molar-refractivity contribution is 6.22. The van der Waals surface area contributed by atoms with Crippen LogP contribution in [0.2, 0.25) is 0 Å². The molecule has 0 spiro atoms. The summed E-state index contributed by atoms with van der Waals surface area (Å²) >= 11 is 0. The average molecular weight is 366 g/mol. The number of hydrogen-bond donors (Lipinski definition) is 1. The molecule has 0 unspecified atom stereocenters. The van der Waals surface area contributed by atoms with Crippen LogP contribution in [0.4, 0.5) is 5.69 Å². The fourth-order valence-electron chi connectivity index (χ4n) is 2.90. The summed E-state index contributed by atoms with van der Waals surface area (Å²) in [6.07, 6.45) is 3.28. The minimum absolute atomic E-state index is 0.318.